The fourth-order valence-corrected chi connectivity index (χ4v) is 3.32. The lowest BCUT2D eigenvalue weighted by atomic mass is 9.74. The van der Waals surface area contributed by atoms with Crippen LogP contribution in [0.15, 0.2) is 12.1 Å². The average Bonchev–Trinajstić information content (AvgIpc) is 3.01. The highest BCUT2D eigenvalue weighted by Crippen LogP contribution is 2.37. The molecule has 0 unspecified atom stereocenters. The third-order valence-electron chi connectivity index (χ3n) is 5.32. The molecule has 23 heavy (non-hydrogen) atoms. The number of hydrogen-bond donors (Lipinski definition) is 0. The molecule has 1 aromatic carbocycles. The van der Waals surface area contributed by atoms with Crippen molar-refractivity contribution in [3.63, 3.8) is 0 Å². The fraction of sp³-hybridized carbons (Fsp3) is 0.611. The van der Waals surface area contributed by atoms with E-state index in [1.165, 1.54) is 5.56 Å². The van der Waals surface area contributed by atoms with E-state index in [4.69, 9.17) is 14.0 Å². The van der Waals surface area contributed by atoms with Crippen molar-refractivity contribution in [2.75, 3.05) is 6.61 Å². The first-order valence-electron chi connectivity index (χ1n) is 8.44. The van der Waals surface area contributed by atoms with E-state index in [2.05, 4.69) is 27.7 Å². The van der Waals surface area contributed by atoms with Crippen molar-refractivity contribution in [1.82, 2.24) is 0 Å². The second kappa shape index (κ2) is 5.64. The van der Waals surface area contributed by atoms with Crippen molar-refractivity contribution in [2.24, 2.45) is 0 Å². The Morgan fingerprint density at radius 3 is 2.35 bits per heavy atom. The van der Waals surface area contributed by atoms with Crippen LogP contribution < -0.4 is 5.46 Å². The van der Waals surface area contributed by atoms with E-state index in [-0.39, 0.29) is 24.3 Å². The van der Waals surface area contributed by atoms with Crippen LogP contribution in [-0.2, 0) is 26.9 Å². The molecule has 0 spiro atoms. The molecule has 0 saturated carbocycles. The summed E-state index contributed by atoms with van der Waals surface area (Å²) in [5, 5.41) is 0. The van der Waals surface area contributed by atoms with Crippen molar-refractivity contribution < 1.29 is 18.8 Å². The molecule has 0 bridgehead atoms. The highest BCUT2D eigenvalue weighted by Gasteiger charge is 2.52. The predicted octanol–water partition coefficient (Wildman–Crippen LogP) is 2.65. The quantitative estimate of drug-likeness (QED) is 0.635. The molecule has 1 aromatic rings. The van der Waals surface area contributed by atoms with E-state index >= 15 is 0 Å². The van der Waals surface area contributed by atoms with Gasteiger partial charge < -0.3 is 14.0 Å². The van der Waals surface area contributed by atoms with Crippen molar-refractivity contribution in [2.45, 2.75) is 65.1 Å². The van der Waals surface area contributed by atoms with E-state index in [0.717, 1.165) is 30.3 Å². The molecule has 1 aliphatic heterocycles. The first-order chi connectivity index (χ1) is 10.8. The minimum Gasteiger partial charge on any atom is -0.462 e. The molecular weight excluding hydrogens is 291 g/mol. The molecule has 1 fully saturated rings. The van der Waals surface area contributed by atoms with Gasteiger partial charge >= 0.3 is 13.1 Å². The summed E-state index contributed by atoms with van der Waals surface area (Å²) < 4.78 is 17.6. The third-order valence-corrected chi connectivity index (χ3v) is 5.32. The number of esters is 1. The molecule has 0 amide bonds. The minimum atomic E-state index is -0.372. The molecule has 0 atom stereocenters. The Balaban J connectivity index is 1.97. The van der Waals surface area contributed by atoms with Crippen LogP contribution in [0.2, 0.25) is 0 Å². The van der Waals surface area contributed by atoms with Gasteiger partial charge in [0.15, 0.2) is 0 Å². The lowest BCUT2D eigenvalue weighted by Crippen LogP contribution is -2.41. The number of carbonyl (C=O) groups excluding carboxylic acids is 1. The van der Waals surface area contributed by atoms with Crippen LogP contribution in [0.4, 0.5) is 0 Å². The van der Waals surface area contributed by atoms with Crippen LogP contribution in [0.5, 0.6) is 0 Å². The van der Waals surface area contributed by atoms with E-state index < -0.39 is 0 Å². The maximum absolute atomic E-state index is 12.2. The van der Waals surface area contributed by atoms with Crippen LogP contribution in [0.1, 0.15) is 62.5 Å². The SMILES string of the molecule is CCOC(=O)c1ccc(B2OC(C)(C)C(C)(C)O2)c2c1CCC2. The van der Waals surface area contributed by atoms with Crippen molar-refractivity contribution in [1.29, 1.82) is 0 Å². The van der Waals surface area contributed by atoms with Gasteiger partial charge in [0.25, 0.3) is 0 Å². The van der Waals surface area contributed by atoms with Crippen LogP contribution in [-0.4, -0.2) is 30.9 Å². The number of ether oxygens (including phenoxy) is 1. The number of rotatable bonds is 3. The highest BCUT2D eigenvalue weighted by molar-refractivity contribution is 6.62. The van der Waals surface area contributed by atoms with Crippen molar-refractivity contribution >= 4 is 18.6 Å². The Morgan fingerprint density at radius 2 is 1.74 bits per heavy atom. The summed E-state index contributed by atoms with van der Waals surface area (Å²) >= 11 is 0. The van der Waals surface area contributed by atoms with E-state index in [1.807, 2.05) is 19.1 Å². The first-order valence-corrected chi connectivity index (χ1v) is 8.44. The highest BCUT2D eigenvalue weighted by atomic mass is 16.7. The second-order valence-electron chi connectivity index (χ2n) is 7.32. The molecular formula is C18H25BO4. The van der Waals surface area contributed by atoms with E-state index in [1.54, 1.807) is 0 Å². The summed E-state index contributed by atoms with van der Waals surface area (Å²) in [6.45, 7) is 10.4. The maximum Gasteiger partial charge on any atom is 0.495 e. The zero-order valence-electron chi connectivity index (χ0n) is 14.7. The number of benzene rings is 1. The summed E-state index contributed by atoms with van der Waals surface area (Å²) in [7, 11) is -0.372. The molecule has 2 aliphatic rings. The van der Waals surface area contributed by atoms with Gasteiger partial charge in [-0.15, -0.1) is 0 Å². The smallest absolute Gasteiger partial charge is 0.462 e. The lowest BCUT2D eigenvalue weighted by Gasteiger charge is -2.32. The van der Waals surface area contributed by atoms with Gasteiger partial charge in [0.05, 0.1) is 23.4 Å². The van der Waals surface area contributed by atoms with Gasteiger partial charge in [0.1, 0.15) is 0 Å². The maximum atomic E-state index is 12.2. The molecule has 0 radical (unpaired) electrons. The Bertz CT molecular complexity index is 620. The molecule has 5 heteroatoms. The lowest BCUT2D eigenvalue weighted by molar-refractivity contribution is 0.00578. The Morgan fingerprint density at radius 1 is 1.13 bits per heavy atom. The normalized spacial score (nSPS) is 21.3. The molecule has 124 valence electrons. The summed E-state index contributed by atoms with van der Waals surface area (Å²) in [6.07, 6.45) is 2.93. The molecule has 0 N–H and O–H groups in total. The number of fused-ring (bicyclic) bond motifs is 1. The monoisotopic (exact) mass is 316 g/mol. The van der Waals surface area contributed by atoms with Crippen LogP contribution in [0, 0.1) is 0 Å². The zero-order valence-corrected chi connectivity index (χ0v) is 14.7. The Labute approximate surface area is 138 Å². The van der Waals surface area contributed by atoms with Gasteiger partial charge in [-0.2, -0.15) is 0 Å². The van der Waals surface area contributed by atoms with Gasteiger partial charge in [0.2, 0.25) is 0 Å². The molecule has 1 saturated heterocycles. The van der Waals surface area contributed by atoms with Gasteiger partial charge in [-0.25, -0.2) is 4.79 Å². The van der Waals surface area contributed by atoms with Crippen molar-refractivity contribution in [3.8, 4) is 0 Å². The summed E-state index contributed by atoms with van der Waals surface area (Å²) in [6, 6.07) is 3.83. The minimum absolute atomic E-state index is 0.230. The summed E-state index contributed by atoms with van der Waals surface area (Å²) in [5.74, 6) is -0.230. The first kappa shape index (κ1) is 16.5. The van der Waals surface area contributed by atoms with E-state index in [0.29, 0.717) is 12.2 Å². The van der Waals surface area contributed by atoms with Crippen LogP contribution >= 0.6 is 0 Å². The average molecular weight is 316 g/mol. The number of carbonyl (C=O) groups is 1. The molecule has 1 aliphatic carbocycles. The molecule has 3 rings (SSSR count). The van der Waals surface area contributed by atoms with Gasteiger partial charge in [0, 0.05) is 0 Å². The molecule has 0 aromatic heterocycles. The fourth-order valence-electron chi connectivity index (χ4n) is 3.32. The molecule has 1 heterocycles. The van der Waals surface area contributed by atoms with Crippen LogP contribution in [0.3, 0.4) is 0 Å². The van der Waals surface area contributed by atoms with Crippen molar-refractivity contribution in [3.05, 3.63) is 28.8 Å². The standard InChI is InChI=1S/C18H25BO4/c1-6-21-16(20)14-10-11-15(13-9-7-8-12(13)14)19-22-17(2,3)18(4,5)23-19/h10-11H,6-9H2,1-5H3. The zero-order chi connectivity index (χ0) is 16.8. The van der Waals surface area contributed by atoms with Gasteiger partial charge in [-0.3, -0.25) is 0 Å². The van der Waals surface area contributed by atoms with E-state index in [9.17, 15) is 4.79 Å². The van der Waals surface area contributed by atoms with Gasteiger partial charge in [-0.05, 0) is 76.5 Å². The van der Waals surface area contributed by atoms with Gasteiger partial charge in [-0.1, -0.05) is 6.07 Å². The Kier molecular flexibility index (Phi) is 4.05. The third kappa shape index (κ3) is 2.70. The second-order valence-corrected chi connectivity index (χ2v) is 7.32. The largest absolute Gasteiger partial charge is 0.495 e. The van der Waals surface area contributed by atoms with Crippen LogP contribution in [0.25, 0.3) is 0 Å². The summed E-state index contributed by atoms with van der Waals surface area (Å²) in [4.78, 5) is 12.2. The predicted molar refractivity (Wildman–Crippen MR) is 90.1 cm³/mol. The molecule has 4 nitrogen and oxygen atoms in total. The number of hydrogen-bond acceptors (Lipinski definition) is 4. The summed E-state index contributed by atoms with van der Waals surface area (Å²) in [5.41, 5.74) is 3.35. The topological polar surface area (TPSA) is 44.8 Å². The Hall–Kier alpha value is -1.33.